The number of rotatable bonds is 2. The zero-order valence-electron chi connectivity index (χ0n) is 12.2. The van der Waals surface area contributed by atoms with Crippen molar-refractivity contribution in [3.8, 4) is 0 Å². The van der Waals surface area contributed by atoms with E-state index in [1.54, 1.807) is 0 Å². The van der Waals surface area contributed by atoms with Crippen LogP contribution in [-0.4, -0.2) is 34.4 Å². The van der Waals surface area contributed by atoms with E-state index in [-0.39, 0.29) is 11.2 Å². The third-order valence-electron chi connectivity index (χ3n) is 5.93. The van der Waals surface area contributed by atoms with Crippen LogP contribution in [0.1, 0.15) is 58.3 Å². The molecule has 2 nitrogen and oxygen atoms in total. The van der Waals surface area contributed by atoms with E-state index in [9.17, 15) is 5.11 Å². The van der Waals surface area contributed by atoms with Gasteiger partial charge in [-0.05, 0) is 61.9 Å². The summed E-state index contributed by atoms with van der Waals surface area (Å²) in [6.07, 6.45) is 9.19. The van der Waals surface area contributed by atoms with Gasteiger partial charge < -0.3 is 9.84 Å². The van der Waals surface area contributed by atoms with Crippen LogP contribution in [0, 0.1) is 11.8 Å². The van der Waals surface area contributed by atoms with E-state index in [1.807, 2.05) is 0 Å². The molecule has 110 valence electrons. The second kappa shape index (κ2) is 5.57. The fourth-order valence-electron chi connectivity index (χ4n) is 4.73. The summed E-state index contributed by atoms with van der Waals surface area (Å²) in [4.78, 5) is 0. The van der Waals surface area contributed by atoms with Gasteiger partial charge in [0.25, 0.3) is 0 Å². The van der Waals surface area contributed by atoms with Crippen molar-refractivity contribution in [1.82, 2.24) is 0 Å². The molecule has 3 fully saturated rings. The Morgan fingerprint density at radius 2 is 2.00 bits per heavy atom. The summed E-state index contributed by atoms with van der Waals surface area (Å²) in [5.74, 6) is 3.49. The molecule has 1 spiro atoms. The smallest absolute Gasteiger partial charge is 0.0705 e. The zero-order chi connectivity index (χ0) is 13.3. The van der Waals surface area contributed by atoms with Crippen molar-refractivity contribution in [3.05, 3.63) is 0 Å². The Bertz CT molecular complexity index is 308. The van der Waals surface area contributed by atoms with Gasteiger partial charge in [-0.1, -0.05) is 19.8 Å². The first-order valence-corrected chi connectivity index (χ1v) is 9.28. The quantitative estimate of drug-likeness (QED) is 0.840. The van der Waals surface area contributed by atoms with Crippen LogP contribution >= 0.6 is 11.8 Å². The van der Waals surface area contributed by atoms with Gasteiger partial charge in [-0.25, -0.2) is 0 Å². The summed E-state index contributed by atoms with van der Waals surface area (Å²) in [5, 5.41) is 11.2. The summed E-state index contributed by atoms with van der Waals surface area (Å²) in [6, 6.07) is 0. The van der Waals surface area contributed by atoms with Crippen molar-refractivity contribution < 1.29 is 9.84 Å². The molecule has 2 aliphatic heterocycles. The van der Waals surface area contributed by atoms with Gasteiger partial charge in [-0.3, -0.25) is 0 Å². The van der Waals surface area contributed by atoms with Crippen LogP contribution in [0.3, 0.4) is 0 Å². The van der Waals surface area contributed by atoms with Crippen LogP contribution in [0.2, 0.25) is 0 Å². The minimum Gasteiger partial charge on any atom is -0.389 e. The summed E-state index contributed by atoms with van der Waals surface area (Å²) in [5.41, 5.74) is -0.263. The van der Waals surface area contributed by atoms with Gasteiger partial charge in [0.15, 0.2) is 0 Å². The third kappa shape index (κ3) is 2.58. The Morgan fingerprint density at radius 1 is 1.21 bits per heavy atom. The lowest BCUT2D eigenvalue weighted by atomic mass is 9.69. The highest BCUT2D eigenvalue weighted by molar-refractivity contribution is 7.99. The highest BCUT2D eigenvalue weighted by atomic mass is 32.2. The summed E-state index contributed by atoms with van der Waals surface area (Å²) < 4.78 is 6.19. The predicted molar refractivity (Wildman–Crippen MR) is 80.5 cm³/mol. The van der Waals surface area contributed by atoms with Gasteiger partial charge in [0.2, 0.25) is 0 Å². The molecule has 3 heteroatoms. The van der Waals surface area contributed by atoms with Crippen LogP contribution in [0.15, 0.2) is 0 Å². The van der Waals surface area contributed by atoms with Gasteiger partial charge in [0.1, 0.15) is 0 Å². The minimum absolute atomic E-state index is 0.116. The first-order chi connectivity index (χ1) is 9.19. The predicted octanol–water partition coefficient (Wildman–Crippen LogP) is 3.62. The molecule has 0 amide bonds. The standard InChI is InChI=1S/C16H28O2S/c1-2-13-4-3-6-16(13,17)14-5-9-18-15(12-14)7-10-19-11-8-15/h13-14,17H,2-12H2,1H3. The average Bonchev–Trinajstić information content (AvgIpc) is 2.82. The van der Waals surface area contributed by atoms with E-state index in [0.29, 0.717) is 11.8 Å². The molecule has 0 bridgehead atoms. The second-order valence-corrected chi connectivity index (χ2v) is 8.05. The van der Waals surface area contributed by atoms with Crippen molar-refractivity contribution in [3.63, 3.8) is 0 Å². The summed E-state index contributed by atoms with van der Waals surface area (Å²) in [6.45, 7) is 3.11. The maximum absolute atomic E-state index is 11.2. The molecule has 1 N–H and O–H groups in total. The largest absolute Gasteiger partial charge is 0.389 e. The van der Waals surface area contributed by atoms with Crippen molar-refractivity contribution in [2.45, 2.75) is 69.5 Å². The van der Waals surface area contributed by atoms with Crippen LogP contribution in [0.4, 0.5) is 0 Å². The van der Waals surface area contributed by atoms with E-state index >= 15 is 0 Å². The van der Waals surface area contributed by atoms with Crippen molar-refractivity contribution in [2.24, 2.45) is 11.8 Å². The van der Waals surface area contributed by atoms with Gasteiger partial charge >= 0.3 is 0 Å². The molecule has 3 aliphatic rings. The molecule has 1 saturated carbocycles. The molecule has 3 rings (SSSR count). The highest BCUT2D eigenvalue weighted by Crippen LogP contribution is 2.50. The van der Waals surface area contributed by atoms with Crippen molar-refractivity contribution in [2.75, 3.05) is 18.1 Å². The number of hydrogen-bond acceptors (Lipinski definition) is 3. The monoisotopic (exact) mass is 284 g/mol. The molecule has 0 aromatic carbocycles. The lowest BCUT2D eigenvalue weighted by Crippen LogP contribution is -2.51. The Labute approximate surface area is 121 Å². The number of ether oxygens (including phenoxy) is 1. The van der Waals surface area contributed by atoms with E-state index in [4.69, 9.17) is 4.74 Å². The lowest BCUT2D eigenvalue weighted by molar-refractivity contribution is -0.156. The molecule has 3 unspecified atom stereocenters. The maximum atomic E-state index is 11.2. The lowest BCUT2D eigenvalue weighted by Gasteiger charge is -2.48. The van der Waals surface area contributed by atoms with Gasteiger partial charge in [-0.15, -0.1) is 0 Å². The highest BCUT2D eigenvalue weighted by Gasteiger charge is 2.50. The number of aliphatic hydroxyl groups is 1. The van der Waals surface area contributed by atoms with E-state index in [1.165, 1.54) is 37.2 Å². The van der Waals surface area contributed by atoms with Gasteiger partial charge in [-0.2, -0.15) is 11.8 Å². The Morgan fingerprint density at radius 3 is 2.74 bits per heavy atom. The third-order valence-corrected chi connectivity index (χ3v) is 6.92. The normalized spacial score (nSPS) is 42.6. The topological polar surface area (TPSA) is 29.5 Å². The fraction of sp³-hybridized carbons (Fsp3) is 1.00. The SMILES string of the molecule is CCC1CCCC1(O)C1CCOC2(CCSCC2)C1. The average molecular weight is 284 g/mol. The molecular formula is C16H28O2S. The molecular weight excluding hydrogens is 256 g/mol. The minimum atomic E-state index is -0.379. The molecule has 0 radical (unpaired) electrons. The first-order valence-electron chi connectivity index (χ1n) is 8.13. The number of hydrogen-bond donors (Lipinski definition) is 1. The van der Waals surface area contributed by atoms with Gasteiger partial charge in [0, 0.05) is 6.61 Å². The van der Waals surface area contributed by atoms with Crippen LogP contribution in [0.25, 0.3) is 0 Å². The van der Waals surface area contributed by atoms with Crippen LogP contribution in [-0.2, 0) is 4.74 Å². The molecule has 2 saturated heterocycles. The number of thioether (sulfide) groups is 1. The summed E-state index contributed by atoms with van der Waals surface area (Å²) >= 11 is 2.06. The maximum Gasteiger partial charge on any atom is 0.0705 e. The van der Waals surface area contributed by atoms with Crippen molar-refractivity contribution >= 4 is 11.8 Å². The molecule has 3 atom stereocenters. The summed E-state index contributed by atoms with van der Waals surface area (Å²) in [7, 11) is 0. The Kier molecular flexibility index (Phi) is 4.17. The molecule has 0 aromatic heterocycles. The first kappa shape index (κ1) is 14.2. The van der Waals surface area contributed by atoms with E-state index < -0.39 is 0 Å². The molecule has 19 heavy (non-hydrogen) atoms. The van der Waals surface area contributed by atoms with Crippen molar-refractivity contribution in [1.29, 1.82) is 0 Å². The Balaban J connectivity index is 1.74. The van der Waals surface area contributed by atoms with Gasteiger partial charge in [0.05, 0.1) is 11.2 Å². The van der Waals surface area contributed by atoms with Crippen LogP contribution < -0.4 is 0 Å². The zero-order valence-corrected chi connectivity index (χ0v) is 13.0. The second-order valence-electron chi connectivity index (χ2n) is 6.82. The molecule has 2 heterocycles. The van der Waals surface area contributed by atoms with Crippen LogP contribution in [0.5, 0.6) is 0 Å². The molecule has 0 aromatic rings. The van der Waals surface area contributed by atoms with E-state index in [0.717, 1.165) is 32.3 Å². The molecule has 1 aliphatic carbocycles. The fourth-order valence-corrected chi connectivity index (χ4v) is 5.96. The Hall–Kier alpha value is 0.270. The van der Waals surface area contributed by atoms with E-state index in [2.05, 4.69) is 18.7 Å².